The molecule has 1 aromatic carbocycles. The van der Waals surface area contributed by atoms with Gasteiger partial charge >= 0.3 is 0 Å². The molecule has 4 aromatic rings. The molecule has 2 unspecified atom stereocenters. The van der Waals surface area contributed by atoms with Gasteiger partial charge in [0.1, 0.15) is 18.3 Å². The average molecular weight is 543 g/mol. The lowest BCUT2D eigenvalue weighted by Gasteiger charge is -2.17. The Morgan fingerprint density at radius 3 is 2.82 bits per heavy atom. The normalized spacial score (nSPS) is 23.7. The number of aromatic nitrogens is 5. The van der Waals surface area contributed by atoms with Gasteiger partial charge < -0.3 is 25.4 Å². The van der Waals surface area contributed by atoms with Gasteiger partial charge in [-0.3, -0.25) is 4.57 Å². The van der Waals surface area contributed by atoms with Crippen molar-refractivity contribution in [1.29, 1.82) is 0 Å². The predicted octanol–water partition coefficient (Wildman–Crippen LogP) is 2.95. The summed E-state index contributed by atoms with van der Waals surface area (Å²) in [5.74, 6) is 1.14. The van der Waals surface area contributed by atoms with Gasteiger partial charge in [0.05, 0.1) is 23.2 Å². The molecule has 0 aliphatic carbocycles. The molecule has 34 heavy (non-hydrogen) atoms. The second kappa shape index (κ2) is 9.70. The Morgan fingerprint density at radius 2 is 2.06 bits per heavy atom. The molecule has 180 valence electrons. The highest BCUT2D eigenvalue weighted by Gasteiger charge is 2.44. The quantitative estimate of drug-likeness (QED) is 0.203. The first-order chi connectivity index (χ1) is 16.3. The van der Waals surface area contributed by atoms with Crippen LogP contribution in [0.2, 0.25) is 10.3 Å². The minimum atomic E-state index is -1.27. The molecule has 0 radical (unpaired) electrons. The molecule has 4 N–H and O–H groups in total. The largest absolute Gasteiger partial charge is 0.394 e. The Labute approximate surface area is 211 Å². The zero-order valence-electron chi connectivity index (χ0n) is 17.7. The molecule has 0 spiro atoms. The van der Waals surface area contributed by atoms with Crippen LogP contribution in [-0.4, -0.2) is 76.5 Å². The number of thiazole rings is 1. The van der Waals surface area contributed by atoms with E-state index in [1.54, 1.807) is 23.1 Å². The van der Waals surface area contributed by atoms with Crippen LogP contribution in [0.1, 0.15) is 13.2 Å². The summed E-state index contributed by atoms with van der Waals surface area (Å²) in [6.45, 7) is 1.57. The molecule has 3 aromatic heterocycles. The van der Waals surface area contributed by atoms with E-state index >= 15 is 0 Å². The number of aliphatic hydroxyl groups is 3. The Bertz CT molecular complexity index is 1340. The lowest BCUT2D eigenvalue weighted by molar-refractivity contribution is -0.0511. The van der Waals surface area contributed by atoms with Gasteiger partial charge in [0.2, 0.25) is 5.28 Å². The number of ether oxygens (including phenoxy) is 1. The lowest BCUT2D eigenvalue weighted by atomic mass is 10.1. The van der Waals surface area contributed by atoms with Crippen molar-refractivity contribution < 1.29 is 20.1 Å². The van der Waals surface area contributed by atoms with Crippen LogP contribution in [-0.2, 0) is 4.74 Å². The van der Waals surface area contributed by atoms with E-state index in [-0.39, 0.29) is 11.3 Å². The summed E-state index contributed by atoms with van der Waals surface area (Å²) >= 11 is 15.4. The second-order valence-electron chi connectivity index (χ2n) is 7.84. The fourth-order valence-corrected chi connectivity index (χ4v) is 6.06. The van der Waals surface area contributed by atoms with E-state index in [4.69, 9.17) is 27.9 Å². The van der Waals surface area contributed by atoms with Crippen LogP contribution >= 0.6 is 46.3 Å². The smallest absolute Gasteiger partial charge is 0.226 e. The molecule has 10 nitrogen and oxygen atoms in total. The molecule has 5 atom stereocenters. The van der Waals surface area contributed by atoms with Crippen molar-refractivity contribution in [2.45, 2.75) is 41.8 Å². The van der Waals surface area contributed by atoms with Crippen LogP contribution in [0, 0.1) is 0 Å². The minimum Gasteiger partial charge on any atom is -0.394 e. The number of nitrogens with one attached hydrogen (secondary N) is 1. The van der Waals surface area contributed by atoms with Gasteiger partial charge in [0.15, 0.2) is 27.5 Å². The molecular weight excluding hydrogens is 523 g/mol. The summed E-state index contributed by atoms with van der Waals surface area (Å²) in [5.41, 5.74) is 1.65. The molecule has 1 saturated heterocycles. The topological polar surface area (TPSA) is 138 Å². The highest BCUT2D eigenvalue weighted by molar-refractivity contribution is 8.01. The van der Waals surface area contributed by atoms with Gasteiger partial charge in [0, 0.05) is 16.8 Å². The second-order valence-corrected chi connectivity index (χ2v) is 10.9. The number of nitrogens with zero attached hydrogens (tertiary/aromatic N) is 5. The number of anilines is 1. The van der Waals surface area contributed by atoms with Crippen LogP contribution in [0.5, 0.6) is 0 Å². The number of hydrogen-bond donors (Lipinski definition) is 4. The Balaban J connectivity index is 1.33. The third-order valence-electron chi connectivity index (χ3n) is 5.36. The third kappa shape index (κ3) is 4.56. The van der Waals surface area contributed by atoms with Crippen LogP contribution in [0.4, 0.5) is 5.82 Å². The maximum absolute atomic E-state index is 10.4. The summed E-state index contributed by atoms with van der Waals surface area (Å²) in [4.78, 5) is 17.5. The van der Waals surface area contributed by atoms with Crippen LogP contribution in [0.25, 0.3) is 21.4 Å². The van der Waals surface area contributed by atoms with E-state index in [9.17, 15) is 15.3 Å². The van der Waals surface area contributed by atoms with Crippen molar-refractivity contribution in [3.63, 3.8) is 0 Å². The molecule has 0 bridgehead atoms. The number of thioether (sulfide) groups is 1. The molecule has 1 fully saturated rings. The van der Waals surface area contributed by atoms with Crippen molar-refractivity contribution in [3.8, 4) is 0 Å². The maximum Gasteiger partial charge on any atom is 0.226 e. The average Bonchev–Trinajstić information content (AvgIpc) is 3.48. The molecule has 14 heteroatoms. The van der Waals surface area contributed by atoms with Crippen LogP contribution in [0.3, 0.4) is 0 Å². The maximum atomic E-state index is 10.4. The summed E-state index contributed by atoms with van der Waals surface area (Å²) < 4.78 is 9.09. The van der Waals surface area contributed by atoms with E-state index in [1.807, 2.05) is 25.1 Å². The molecule has 5 rings (SSSR count). The molecular formula is C20H20Cl2N6O4S2. The first-order valence-electron chi connectivity index (χ1n) is 10.3. The van der Waals surface area contributed by atoms with E-state index in [2.05, 4.69) is 25.3 Å². The van der Waals surface area contributed by atoms with Gasteiger partial charge in [-0.05, 0) is 36.7 Å². The van der Waals surface area contributed by atoms with Crippen molar-refractivity contribution in [1.82, 2.24) is 24.5 Å². The number of rotatable bonds is 7. The fraction of sp³-hybridized carbons (Fsp3) is 0.400. The molecule has 4 heterocycles. The number of imidazole rings is 1. The van der Waals surface area contributed by atoms with Crippen molar-refractivity contribution >= 4 is 73.5 Å². The standard InChI is InChI=1S/C20H20Cl2N6O4S2/c1-8(6-33-20-25-10-4-9(21)2-3-12(10)34-20)24-16-13-17(27-19(22)26-16)28(7-23-13)18-15(31)14(30)11(5-29)32-18/h2-4,7-8,11,14-15,18,29-31H,5-6H2,1H3,(H,24,26,27)/t8-,11-,14?,15?,18-/m1/s1. The Hall–Kier alpha value is -1.77. The van der Waals surface area contributed by atoms with Crippen LogP contribution < -0.4 is 5.32 Å². The SMILES string of the molecule is C[C@H](CSc1nc2cc(Cl)ccc2s1)Nc1nc(Cl)nc2c1ncn2[C@@H]1O[C@H](CO)C(O)C1O. The lowest BCUT2D eigenvalue weighted by Crippen LogP contribution is -2.33. The van der Waals surface area contributed by atoms with Gasteiger partial charge in [-0.1, -0.05) is 23.4 Å². The van der Waals surface area contributed by atoms with E-state index < -0.39 is 31.1 Å². The zero-order valence-corrected chi connectivity index (χ0v) is 20.8. The van der Waals surface area contributed by atoms with Crippen molar-refractivity contribution in [2.24, 2.45) is 0 Å². The Morgan fingerprint density at radius 1 is 1.24 bits per heavy atom. The van der Waals surface area contributed by atoms with E-state index in [0.29, 0.717) is 27.8 Å². The molecule has 1 aliphatic heterocycles. The zero-order chi connectivity index (χ0) is 24.0. The van der Waals surface area contributed by atoms with Gasteiger partial charge in [-0.25, -0.2) is 9.97 Å². The summed E-state index contributed by atoms with van der Waals surface area (Å²) in [6, 6.07) is 5.64. The predicted molar refractivity (Wildman–Crippen MR) is 132 cm³/mol. The highest BCUT2D eigenvalue weighted by atomic mass is 35.5. The van der Waals surface area contributed by atoms with Crippen molar-refractivity contribution in [3.05, 3.63) is 34.8 Å². The molecule has 0 amide bonds. The van der Waals surface area contributed by atoms with E-state index in [0.717, 1.165) is 14.6 Å². The number of fused-ring (bicyclic) bond motifs is 2. The van der Waals surface area contributed by atoms with Crippen molar-refractivity contribution in [2.75, 3.05) is 17.7 Å². The van der Waals surface area contributed by atoms with Gasteiger partial charge in [-0.2, -0.15) is 9.97 Å². The highest BCUT2D eigenvalue weighted by Crippen LogP contribution is 2.34. The third-order valence-corrected chi connectivity index (χ3v) is 8.20. The monoisotopic (exact) mass is 542 g/mol. The number of aliphatic hydroxyl groups excluding tert-OH is 3. The number of benzene rings is 1. The summed E-state index contributed by atoms with van der Waals surface area (Å²) in [7, 11) is 0. The first-order valence-corrected chi connectivity index (χ1v) is 12.9. The fourth-order valence-electron chi connectivity index (χ4n) is 3.70. The van der Waals surface area contributed by atoms with E-state index in [1.165, 1.54) is 10.9 Å². The van der Waals surface area contributed by atoms with Gasteiger partial charge in [0.25, 0.3) is 0 Å². The van der Waals surface area contributed by atoms with Crippen LogP contribution in [0.15, 0.2) is 28.9 Å². The molecule has 0 saturated carbocycles. The summed E-state index contributed by atoms with van der Waals surface area (Å²) in [5, 5.41) is 33.8. The Kier molecular flexibility index (Phi) is 6.84. The molecule has 1 aliphatic rings. The first kappa shape index (κ1) is 23.9. The number of hydrogen-bond acceptors (Lipinski definition) is 11. The summed E-state index contributed by atoms with van der Waals surface area (Å²) in [6.07, 6.45) is -2.96. The number of halogens is 2. The van der Waals surface area contributed by atoms with Gasteiger partial charge in [-0.15, -0.1) is 11.3 Å². The minimum absolute atomic E-state index is 0.00796.